The van der Waals surface area contributed by atoms with Crippen LogP contribution in [0.5, 0.6) is 0 Å². The molecule has 1 N–H and O–H groups in total. The highest BCUT2D eigenvalue weighted by atomic mass is 16.5. The van der Waals surface area contributed by atoms with Crippen molar-refractivity contribution in [1.29, 1.82) is 5.26 Å². The summed E-state index contributed by atoms with van der Waals surface area (Å²) in [5.74, 6) is -2.16. The van der Waals surface area contributed by atoms with Crippen LogP contribution in [0.2, 0.25) is 0 Å². The van der Waals surface area contributed by atoms with Crippen LogP contribution >= 0.6 is 0 Å². The molecule has 0 bridgehead atoms. The Morgan fingerprint density at radius 3 is 2.03 bits per heavy atom. The molecule has 0 unspecified atom stereocenters. The fourth-order valence-corrected chi connectivity index (χ4v) is 4.05. The number of carbonyl (C=O) groups is 4. The molecule has 4 aromatic carbocycles. The Hall–Kier alpha value is -5.29. The minimum absolute atomic E-state index is 0.157. The Bertz CT molecular complexity index is 1530. The summed E-state index contributed by atoms with van der Waals surface area (Å²) in [5, 5.41) is 12.8. The Morgan fingerprint density at radius 1 is 0.833 bits per heavy atom. The van der Waals surface area contributed by atoms with Crippen molar-refractivity contribution in [2.45, 2.75) is 0 Å². The molecule has 0 radical (unpaired) electrons. The first-order chi connectivity index (χ1) is 17.5. The van der Waals surface area contributed by atoms with Gasteiger partial charge in [-0.1, -0.05) is 24.3 Å². The first-order valence-electron chi connectivity index (χ1n) is 10.9. The molecule has 1 heterocycles. The fraction of sp³-hybridized carbons (Fsp3) is 0.0357. The number of nitrogens with one attached hydrogen (secondary N) is 1. The summed E-state index contributed by atoms with van der Waals surface area (Å²) in [6.45, 7) is -0.509. The minimum Gasteiger partial charge on any atom is -0.452 e. The number of amides is 3. The van der Waals surface area contributed by atoms with Crippen LogP contribution < -0.4 is 10.2 Å². The van der Waals surface area contributed by atoms with Gasteiger partial charge in [-0.3, -0.25) is 14.4 Å². The summed E-state index contributed by atoms with van der Waals surface area (Å²) in [4.78, 5) is 51.9. The average Bonchev–Trinajstić information content (AvgIpc) is 2.91. The molecule has 0 atom stereocenters. The van der Waals surface area contributed by atoms with Crippen molar-refractivity contribution < 1.29 is 23.9 Å². The Morgan fingerprint density at radius 2 is 1.44 bits per heavy atom. The summed E-state index contributed by atoms with van der Waals surface area (Å²) in [6.07, 6.45) is 0. The molecule has 8 nitrogen and oxygen atoms in total. The van der Waals surface area contributed by atoms with E-state index in [9.17, 15) is 19.2 Å². The molecular weight excluding hydrogens is 458 g/mol. The smallest absolute Gasteiger partial charge is 0.338 e. The number of hydrogen-bond acceptors (Lipinski definition) is 6. The largest absolute Gasteiger partial charge is 0.452 e. The number of benzene rings is 4. The highest BCUT2D eigenvalue weighted by molar-refractivity contribution is 6.35. The van der Waals surface area contributed by atoms with Gasteiger partial charge in [-0.15, -0.1) is 0 Å². The molecule has 0 spiro atoms. The quantitative estimate of drug-likeness (QED) is 0.340. The second-order valence-electron chi connectivity index (χ2n) is 8.02. The van der Waals surface area contributed by atoms with Crippen LogP contribution in [-0.4, -0.2) is 30.3 Å². The summed E-state index contributed by atoms with van der Waals surface area (Å²) in [5.41, 5.74) is 2.25. The summed E-state index contributed by atoms with van der Waals surface area (Å²) >= 11 is 0. The van der Waals surface area contributed by atoms with Gasteiger partial charge in [0.15, 0.2) is 6.61 Å². The third-order valence-corrected chi connectivity index (χ3v) is 5.77. The van der Waals surface area contributed by atoms with Gasteiger partial charge in [0.1, 0.15) is 0 Å². The van der Waals surface area contributed by atoms with E-state index >= 15 is 0 Å². The zero-order valence-corrected chi connectivity index (χ0v) is 18.7. The fourth-order valence-electron chi connectivity index (χ4n) is 4.05. The lowest BCUT2D eigenvalue weighted by molar-refractivity contribution is -0.119. The maximum atomic E-state index is 13.1. The molecule has 0 fully saturated rings. The van der Waals surface area contributed by atoms with E-state index in [0.717, 1.165) is 10.3 Å². The van der Waals surface area contributed by atoms with Gasteiger partial charge < -0.3 is 10.1 Å². The zero-order valence-electron chi connectivity index (χ0n) is 18.7. The number of hydrogen-bond donors (Lipinski definition) is 1. The standard InChI is InChI=1S/C28H17N3O5/c29-15-17-7-11-20(12-8-17)30-24(32)16-36-28(35)19-9-13-21(14-10-19)31-26(33)22-5-1-3-18-4-2-6-23(25(18)22)27(31)34/h1-14H,16H2,(H,30,32). The van der Waals surface area contributed by atoms with E-state index in [1.807, 2.05) is 18.2 Å². The number of ether oxygens (including phenoxy) is 1. The van der Waals surface area contributed by atoms with Crippen LogP contribution in [0.3, 0.4) is 0 Å². The van der Waals surface area contributed by atoms with Gasteiger partial charge in [-0.2, -0.15) is 5.26 Å². The second kappa shape index (κ2) is 9.16. The number of nitrogens with zero attached hydrogens (tertiary/aromatic N) is 2. The van der Waals surface area contributed by atoms with Gasteiger partial charge in [-0.05, 0) is 66.0 Å². The van der Waals surface area contributed by atoms with Gasteiger partial charge in [0.25, 0.3) is 17.7 Å². The van der Waals surface area contributed by atoms with E-state index in [1.54, 1.807) is 48.5 Å². The van der Waals surface area contributed by atoms with Crippen molar-refractivity contribution in [1.82, 2.24) is 0 Å². The van der Waals surface area contributed by atoms with E-state index in [0.29, 0.717) is 33.5 Å². The molecule has 174 valence electrons. The number of carbonyl (C=O) groups excluding carboxylic acids is 4. The van der Waals surface area contributed by atoms with E-state index < -0.39 is 30.3 Å². The molecule has 3 amide bonds. The first-order valence-corrected chi connectivity index (χ1v) is 10.9. The van der Waals surface area contributed by atoms with E-state index in [2.05, 4.69) is 5.32 Å². The molecular formula is C28H17N3O5. The summed E-state index contributed by atoms with van der Waals surface area (Å²) < 4.78 is 5.07. The van der Waals surface area contributed by atoms with Gasteiger partial charge in [0.2, 0.25) is 0 Å². The monoisotopic (exact) mass is 475 g/mol. The third-order valence-electron chi connectivity index (χ3n) is 5.77. The Labute approximate surface area is 205 Å². The molecule has 5 rings (SSSR count). The Kier molecular flexibility index (Phi) is 5.72. The average molecular weight is 475 g/mol. The maximum absolute atomic E-state index is 13.1. The second-order valence-corrected chi connectivity index (χ2v) is 8.02. The number of esters is 1. The van der Waals surface area contributed by atoms with Crippen molar-refractivity contribution in [3.8, 4) is 6.07 Å². The topological polar surface area (TPSA) is 117 Å². The molecule has 0 aromatic heterocycles. The number of anilines is 2. The van der Waals surface area contributed by atoms with Crippen LogP contribution in [0.4, 0.5) is 11.4 Å². The van der Waals surface area contributed by atoms with Crippen LogP contribution in [-0.2, 0) is 9.53 Å². The highest BCUT2D eigenvalue weighted by Crippen LogP contribution is 2.32. The molecule has 8 heteroatoms. The van der Waals surface area contributed by atoms with Crippen molar-refractivity contribution in [2.24, 2.45) is 0 Å². The number of imide groups is 1. The molecule has 0 saturated heterocycles. The van der Waals surface area contributed by atoms with E-state index in [-0.39, 0.29) is 5.56 Å². The highest BCUT2D eigenvalue weighted by Gasteiger charge is 2.33. The molecule has 0 aliphatic carbocycles. The lowest BCUT2D eigenvalue weighted by atomic mass is 9.94. The van der Waals surface area contributed by atoms with Gasteiger partial charge in [-0.25, -0.2) is 9.69 Å². The molecule has 0 saturated carbocycles. The summed E-state index contributed by atoms with van der Waals surface area (Å²) in [6, 6.07) is 24.7. The van der Waals surface area contributed by atoms with Crippen LogP contribution in [0.25, 0.3) is 10.8 Å². The SMILES string of the molecule is N#Cc1ccc(NC(=O)COC(=O)c2ccc(N3C(=O)c4cccc5cccc(c45)C3=O)cc2)cc1. The minimum atomic E-state index is -0.733. The predicted molar refractivity (Wildman–Crippen MR) is 132 cm³/mol. The normalized spacial score (nSPS) is 12.2. The van der Waals surface area contributed by atoms with Crippen molar-refractivity contribution in [2.75, 3.05) is 16.8 Å². The summed E-state index contributed by atoms with van der Waals surface area (Å²) in [7, 11) is 0. The number of rotatable bonds is 5. The maximum Gasteiger partial charge on any atom is 0.338 e. The first kappa shape index (κ1) is 22.5. The van der Waals surface area contributed by atoms with Crippen LogP contribution in [0.1, 0.15) is 36.6 Å². The predicted octanol–water partition coefficient (Wildman–Crippen LogP) is 4.31. The molecule has 4 aromatic rings. The van der Waals surface area contributed by atoms with Gasteiger partial charge >= 0.3 is 5.97 Å². The zero-order chi connectivity index (χ0) is 25.2. The molecule has 1 aliphatic heterocycles. The van der Waals surface area contributed by atoms with Crippen molar-refractivity contribution >= 4 is 45.8 Å². The lowest BCUT2D eigenvalue weighted by Gasteiger charge is -2.27. The lowest BCUT2D eigenvalue weighted by Crippen LogP contribution is -2.40. The molecule has 1 aliphatic rings. The van der Waals surface area contributed by atoms with Gasteiger partial charge in [0.05, 0.1) is 22.9 Å². The van der Waals surface area contributed by atoms with E-state index in [1.165, 1.54) is 24.3 Å². The Balaban J connectivity index is 1.27. The van der Waals surface area contributed by atoms with Gasteiger partial charge in [0, 0.05) is 22.2 Å². The third kappa shape index (κ3) is 4.06. The van der Waals surface area contributed by atoms with Crippen LogP contribution in [0.15, 0.2) is 84.9 Å². The van der Waals surface area contributed by atoms with E-state index in [4.69, 9.17) is 10.00 Å². The van der Waals surface area contributed by atoms with Crippen LogP contribution in [0, 0.1) is 11.3 Å². The van der Waals surface area contributed by atoms with Crippen molar-refractivity contribution in [3.05, 3.63) is 107 Å². The molecule has 36 heavy (non-hydrogen) atoms. The number of nitriles is 1. The van der Waals surface area contributed by atoms with Crippen molar-refractivity contribution in [3.63, 3.8) is 0 Å².